The first-order valence-electron chi connectivity index (χ1n) is 8.61. The summed E-state index contributed by atoms with van der Waals surface area (Å²) in [5.41, 5.74) is 2.15. The number of nitrogens with one attached hydrogen (secondary N) is 1. The molecule has 0 bridgehead atoms. The highest BCUT2D eigenvalue weighted by Crippen LogP contribution is 2.28. The Kier molecular flexibility index (Phi) is 3.99. The summed E-state index contributed by atoms with van der Waals surface area (Å²) < 4.78 is 1.81. The van der Waals surface area contributed by atoms with Crippen LogP contribution in [0.3, 0.4) is 0 Å². The van der Waals surface area contributed by atoms with Gasteiger partial charge in [0.2, 0.25) is 5.91 Å². The molecule has 2 atom stereocenters. The van der Waals surface area contributed by atoms with Crippen LogP contribution in [0.5, 0.6) is 0 Å². The topological polar surface area (TPSA) is 62.5 Å². The molecule has 1 N–H and O–H groups in total. The molecule has 122 valence electrons. The summed E-state index contributed by atoms with van der Waals surface area (Å²) in [5, 5.41) is 7.56. The number of fused-ring (bicyclic) bond motifs is 2. The van der Waals surface area contributed by atoms with Gasteiger partial charge in [0.25, 0.3) is 0 Å². The van der Waals surface area contributed by atoms with Crippen LogP contribution in [0.4, 0.5) is 0 Å². The van der Waals surface area contributed by atoms with E-state index in [-0.39, 0.29) is 5.92 Å². The van der Waals surface area contributed by atoms with Crippen molar-refractivity contribution in [2.75, 3.05) is 19.6 Å². The normalized spacial score (nSPS) is 24.9. The third-order valence-corrected chi connectivity index (χ3v) is 5.21. The number of carbonyl (C=O) groups excluding carboxylic acids is 1. The highest BCUT2D eigenvalue weighted by atomic mass is 16.2. The number of piperazine rings is 1. The number of pyridine rings is 1. The zero-order valence-corrected chi connectivity index (χ0v) is 13.3. The second-order valence-corrected chi connectivity index (χ2v) is 6.62. The molecule has 2 saturated heterocycles. The lowest BCUT2D eigenvalue weighted by Gasteiger charge is -2.42. The fourth-order valence-corrected chi connectivity index (χ4v) is 3.97. The van der Waals surface area contributed by atoms with Gasteiger partial charge >= 0.3 is 0 Å². The first-order chi connectivity index (χ1) is 11.3. The molecule has 2 unspecified atom stereocenters. The smallest absolute Gasteiger partial charge is 0.226 e. The Morgan fingerprint density at radius 1 is 1.35 bits per heavy atom. The first kappa shape index (κ1) is 14.6. The van der Waals surface area contributed by atoms with Gasteiger partial charge in [-0.1, -0.05) is 6.07 Å². The number of amides is 1. The molecule has 4 rings (SSSR count). The van der Waals surface area contributed by atoms with Gasteiger partial charge in [-0.25, -0.2) is 9.50 Å². The number of aromatic nitrogens is 3. The van der Waals surface area contributed by atoms with E-state index in [0.717, 1.165) is 57.4 Å². The number of carbonyl (C=O) groups is 1. The van der Waals surface area contributed by atoms with Crippen LogP contribution in [0, 0.1) is 5.92 Å². The number of piperidine rings is 1. The Morgan fingerprint density at radius 3 is 3.26 bits per heavy atom. The predicted octanol–water partition coefficient (Wildman–Crippen LogP) is 1.26. The van der Waals surface area contributed by atoms with Crippen LogP contribution in [0.2, 0.25) is 0 Å². The van der Waals surface area contributed by atoms with E-state index >= 15 is 0 Å². The minimum atomic E-state index is 0.210. The summed E-state index contributed by atoms with van der Waals surface area (Å²) in [6.45, 7) is 2.77. The molecule has 2 aliphatic heterocycles. The molecule has 2 fully saturated rings. The fraction of sp³-hybridized carbons (Fsp3) is 0.588. The third kappa shape index (κ3) is 2.83. The molecule has 6 heteroatoms. The van der Waals surface area contributed by atoms with Crippen molar-refractivity contribution in [3.05, 3.63) is 30.2 Å². The van der Waals surface area contributed by atoms with Gasteiger partial charge in [0, 0.05) is 37.8 Å². The maximum Gasteiger partial charge on any atom is 0.226 e. The fourth-order valence-electron chi connectivity index (χ4n) is 3.97. The molecule has 6 nitrogen and oxygen atoms in total. The second-order valence-electron chi connectivity index (χ2n) is 6.62. The largest absolute Gasteiger partial charge is 0.337 e. The molecule has 23 heavy (non-hydrogen) atoms. The molecule has 0 aromatic carbocycles. The molecular formula is C17H23N5O. The minimum Gasteiger partial charge on any atom is -0.337 e. The van der Waals surface area contributed by atoms with Crippen molar-refractivity contribution < 1.29 is 4.79 Å². The molecule has 2 aromatic rings. The van der Waals surface area contributed by atoms with Gasteiger partial charge in [-0.15, -0.1) is 0 Å². The van der Waals surface area contributed by atoms with Crippen molar-refractivity contribution in [2.24, 2.45) is 5.92 Å². The Hall–Kier alpha value is -1.95. The van der Waals surface area contributed by atoms with Gasteiger partial charge in [0.05, 0.1) is 0 Å². The van der Waals surface area contributed by atoms with E-state index in [1.807, 2.05) is 16.8 Å². The highest BCUT2D eigenvalue weighted by Gasteiger charge is 2.35. The van der Waals surface area contributed by atoms with Gasteiger partial charge in [-0.3, -0.25) is 4.79 Å². The standard InChI is InChI=1S/C17H23N5O/c23-17-14(6-7-15-11-18-8-10-21(15)17)4-1-3-13-5-2-9-22-16(13)19-12-20-22/h2,5,9,12,14-15,18H,1,3-4,6-8,10-11H2. The van der Waals surface area contributed by atoms with Crippen LogP contribution < -0.4 is 5.32 Å². The SMILES string of the molecule is O=C1C(CCCc2cccn3ncnc23)CCC2CNCCN12. The number of aryl methyl sites for hydroxylation is 1. The first-order valence-corrected chi connectivity index (χ1v) is 8.61. The lowest BCUT2D eigenvalue weighted by Crippen LogP contribution is -2.57. The molecule has 0 saturated carbocycles. The van der Waals surface area contributed by atoms with Crippen LogP contribution >= 0.6 is 0 Å². The third-order valence-electron chi connectivity index (χ3n) is 5.21. The van der Waals surface area contributed by atoms with Crippen LogP contribution in [0.15, 0.2) is 24.7 Å². The number of nitrogens with zero attached hydrogens (tertiary/aromatic N) is 4. The van der Waals surface area contributed by atoms with Crippen molar-refractivity contribution in [1.29, 1.82) is 0 Å². The zero-order chi connectivity index (χ0) is 15.6. The van der Waals surface area contributed by atoms with Crippen molar-refractivity contribution in [3.8, 4) is 0 Å². The lowest BCUT2D eigenvalue weighted by molar-refractivity contribution is -0.143. The average Bonchev–Trinajstić information content (AvgIpc) is 3.07. The molecule has 0 radical (unpaired) electrons. The van der Waals surface area contributed by atoms with E-state index < -0.39 is 0 Å². The summed E-state index contributed by atoms with van der Waals surface area (Å²) in [4.78, 5) is 19.1. The Balaban J connectivity index is 1.36. The molecule has 1 amide bonds. The van der Waals surface area contributed by atoms with Gasteiger partial charge in [-0.05, 0) is 43.7 Å². The predicted molar refractivity (Wildman–Crippen MR) is 87.0 cm³/mol. The number of rotatable bonds is 4. The van der Waals surface area contributed by atoms with Gasteiger partial charge < -0.3 is 10.2 Å². The molecule has 4 heterocycles. The van der Waals surface area contributed by atoms with Gasteiger partial charge in [0.15, 0.2) is 5.65 Å². The molecule has 2 aromatic heterocycles. The van der Waals surface area contributed by atoms with E-state index in [0.29, 0.717) is 11.9 Å². The van der Waals surface area contributed by atoms with Gasteiger partial charge in [0.1, 0.15) is 6.33 Å². The van der Waals surface area contributed by atoms with E-state index in [9.17, 15) is 4.79 Å². The number of hydrogen-bond donors (Lipinski definition) is 1. The molecular weight excluding hydrogens is 290 g/mol. The summed E-state index contributed by atoms with van der Waals surface area (Å²) in [6.07, 6.45) is 8.65. The molecule has 0 spiro atoms. The molecule has 0 aliphatic carbocycles. The number of hydrogen-bond acceptors (Lipinski definition) is 4. The second kappa shape index (κ2) is 6.28. The van der Waals surface area contributed by atoms with Crippen molar-refractivity contribution in [3.63, 3.8) is 0 Å². The summed E-state index contributed by atoms with van der Waals surface area (Å²) in [7, 11) is 0. The highest BCUT2D eigenvalue weighted by molar-refractivity contribution is 5.80. The quantitative estimate of drug-likeness (QED) is 0.923. The molecule has 2 aliphatic rings. The summed E-state index contributed by atoms with van der Waals surface area (Å²) in [6, 6.07) is 4.55. The van der Waals surface area contributed by atoms with Crippen LogP contribution in [-0.4, -0.2) is 51.1 Å². The summed E-state index contributed by atoms with van der Waals surface area (Å²) in [5.74, 6) is 0.588. The van der Waals surface area contributed by atoms with E-state index in [4.69, 9.17) is 0 Å². The maximum atomic E-state index is 12.6. The summed E-state index contributed by atoms with van der Waals surface area (Å²) >= 11 is 0. The van der Waals surface area contributed by atoms with Crippen molar-refractivity contribution in [1.82, 2.24) is 24.8 Å². The van der Waals surface area contributed by atoms with E-state index in [2.05, 4.69) is 26.4 Å². The lowest BCUT2D eigenvalue weighted by atomic mass is 9.87. The zero-order valence-electron chi connectivity index (χ0n) is 13.3. The monoisotopic (exact) mass is 313 g/mol. The Bertz CT molecular complexity index is 697. The minimum absolute atomic E-state index is 0.210. The Morgan fingerprint density at radius 2 is 2.30 bits per heavy atom. The van der Waals surface area contributed by atoms with Crippen molar-refractivity contribution >= 4 is 11.6 Å². The Labute approximate surface area is 135 Å². The van der Waals surface area contributed by atoms with Crippen LogP contribution in [-0.2, 0) is 11.2 Å². The van der Waals surface area contributed by atoms with Crippen LogP contribution in [0.25, 0.3) is 5.65 Å². The van der Waals surface area contributed by atoms with Crippen molar-refractivity contribution in [2.45, 2.75) is 38.1 Å². The average molecular weight is 313 g/mol. The van der Waals surface area contributed by atoms with E-state index in [1.165, 1.54) is 5.56 Å². The van der Waals surface area contributed by atoms with E-state index in [1.54, 1.807) is 6.33 Å². The van der Waals surface area contributed by atoms with Gasteiger partial charge in [-0.2, -0.15) is 5.10 Å². The van der Waals surface area contributed by atoms with Crippen LogP contribution in [0.1, 0.15) is 31.2 Å². The maximum absolute atomic E-state index is 12.6.